The molecule has 1 aliphatic rings. The lowest BCUT2D eigenvalue weighted by Crippen LogP contribution is -2.36. The van der Waals surface area contributed by atoms with E-state index in [1.165, 1.54) is 11.8 Å². The second-order valence-corrected chi connectivity index (χ2v) is 8.92. The number of thioether (sulfide) groups is 1. The Balaban J connectivity index is 1.86. The van der Waals surface area contributed by atoms with Gasteiger partial charge in [-0.15, -0.1) is 11.8 Å². The Morgan fingerprint density at radius 2 is 1.84 bits per heavy atom. The maximum Gasteiger partial charge on any atom is 0.353 e. The minimum Gasteiger partial charge on any atom is -0.464 e. The van der Waals surface area contributed by atoms with E-state index < -0.39 is 17.8 Å². The minimum absolute atomic E-state index is 0.0456. The maximum absolute atomic E-state index is 12.6. The first kappa shape index (κ1) is 29.9. The fourth-order valence-corrected chi connectivity index (χ4v) is 3.93. The molecule has 3 amide bonds. The number of benzene rings is 1. The van der Waals surface area contributed by atoms with Gasteiger partial charge < -0.3 is 20.7 Å². The molecule has 1 aromatic carbocycles. The first-order valence-electron chi connectivity index (χ1n) is 11.6. The van der Waals surface area contributed by atoms with E-state index in [0.717, 1.165) is 37.5 Å². The third-order valence-corrected chi connectivity index (χ3v) is 6.04. The van der Waals surface area contributed by atoms with E-state index in [4.69, 9.17) is 5.53 Å². The van der Waals surface area contributed by atoms with Crippen LogP contribution >= 0.6 is 11.8 Å². The van der Waals surface area contributed by atoms with Gasteiger partial charge in [0.25, 0.3) is 11.8 Å². The Kier molecular flexibility index (Phi) is 12.3. The Morgan fingerprint density at radius 1 is 1.11 bits per heavy atom. The molecule has 2 rings (SSSR count). The van der Waals surface area contributed by atoms with E-state index in [0.29, 0.717) is 30.3 Å². The molecule has 0 atom stereocenters. The third-order valence-electron chi connectivity index (χ3n) is 5.10. The Hall–Kier alpha value is -4.35. The Labute approximate surface area is 224 Å². The maximum atomic E-state index is 12.6. The van der Waals surface area contributed by atoms with Crippen LogP contribution in [0.4, 0.5) is 0 Å². The van der Waals surface area contributed by atoms with Crippen LogP contribution in [0, 0.1) is 0 Å². The average Bonchev–Trinajstić information content (AvgIpc) is 2.93. The first-order valence-corrected chi connectivity index (χ1v) is 12.6. The van der Waals surface area contributed by atoms with E-state index in [9.17, 15) is 19.2 Å². The molecule has 0 spiro atoms. The number of hydrogen-bond donors (Lipinski definition) is 3. The smallest absolute Gasteiger partial charge is 0.353 e. The van der Waals surface area contributed by atoms with Crippen molar-refractivity contribution in [3.05, 3.63) is 82.2 Å². The van der Waals surface area contributed by atoms with Gasteiger partial charge in [-0.2, -0.15) is 0 Å². The van der Waals surface area contributed by atoms with E-state index >= 15 is 0 Å². The molecule has 3 N–H and O–H groups in total. The van der Waals surface area contributed by atoms with Crippen LogP contribution in [0.3, 0.4) is 0 Å². The Morgan fingerprint density at radius 3 is 2.53 bits per heavy atom. The molecule has 12 nitrogen and oxygen atoms in total. The molecular weight excluding hydrogens is 510 g/mol. The van der Waals surface area contributed by atoms with E-state index in [2.05, 4.69) is 48.9 Å². The van der Waals surface area contributed by atoms with Crippen molar-refractivity contribution in [1.82, 2.24) is 16.0 Å². The van der Waals surface area contributed by atoms with Crippen LogP contribution in [0.5, 0.6) is 0 Å². The summed E-state index contributed by atoms with van der Waals surface area (Å²) in [6.07, 6.45) is 4.35. The number of carbonyl (C=O) groups excluding carboxylic acids is 4. The van der Waals surface area contributed by atoms with Gasteiger partial charge in [-0.1, -0.05) is 49.0 Å². The fraction of sp³-hybridized carbons (Fsp3) is 0.320. The monoisotopic (exact) mass is 539 g/mol. The van der Waals surface area contributed by atoms with Crippen molar-refractivity contribution in [2.24, 2.45) is 10.1 Å². The molecule has 200 valence electrons. The van der Waals surface area contributed by atoms with Crippen molar-refractivity contribution in [3.8, 4) is 0 Å². The topological polar surface area (TPSA) is 175 Å². The summed E-state index contributed by atoms with van der Waals surface area (Å²) in [5.74, 6) is -1.79. The number of nitrogens with one attached hydrogen (secondary N) is 3. The van der Waals surface area contributed by atoms with Gasteiger partial charge in [0.05, 0.1) is 12.8 Å². The number of carbonyl (C=O) groups is 4. The van der Waals surface area contributed by atoms with Gasteiger partial charge in [-0.3, -0.25) is 14.4 Å². The number of unbranched alkanes of at least 4 members (excludes halogenated alkanes) is 2. The third kappa shape index (κ3) is 9.96. The predicted molar refractivity (Wildman–Crippen MR) is 144 cm³/mol. The number of methoxy groups -OCH3 is 1. The lowest BCUT2D eigenvalue weighted by Gasteiger charge is -2.14. The van der Waals surface area contributed by atoms with Crippen LogP contribution < -0.4 is 16.0 Å². The average molecular weight is 540 g/mol. The number of hydrogen-bond acceptors (Lipinski definition) is 8. The van der Waals surface area contributed by atoms with Crippen molar-refractivity contribution in [2.45, 2.75) is 32.2 Å². The Bertz CT molecular complexity index is 1200. The van der Waals surface area contributed by atoms with Crippen LogP contribution in [-0.4, -0.2) is 48.1 Å². The van der Waals surface area contributed by atoms with Gasteiger partial charge in [-0.05, 0) is 30.0 Å². The minimum atomic E-state index is -0.817. The van der Waals surface area contributed by atoms with Gasteiger partial charge in [0.1, 0.15) is 16.4 Å². The zero-order valence-electron chi connectivity index (χ0n) is 21.0. The summed E-state index contributed by atoms with van der Waals surface area (Å²) in [5, 5.41) is 11.5. The summed E-state index contributed by atoms with van der Waals surface area (Å²) in [6, 6.07) is 7.46. The van der Waals surface area contributed by atoms with Gasteiger partial charge in [0, 0.05) is 35.7 Å². The van der Waals surface area contributed by atoms with Crippen molar-refractivity contribution in [2.75, 3.05) is 19.4 Å². The molecule has 0 saturated carbocycles. The molecule has 0 unspecified atom stereocenters. The van der Waals surface area contributed by atoms with Crippen LogP contribution in [0.1, 0.15) is 36.8 Å². The van der Waals surface area contributed by atoms with Crippen LogP contribution in [-0.2, 0) is 30.5 Å². The number of nitrogens with zero attached hydrogens (tertiary/aromatic N) is 4. The zero-order chi connectivity index (χ0) is 27.9. The SMILES string of the molecule is C=C(NC(=O)C1=CCSC(c2ccc(CNC(=O)CCCCCN=[N+]=[N-])cc2)=N1)C(=O)NC(=C)C(=O)OC. The highest BCUT2D eigenvalue weighted by molar-refractivity contribution is 8.14. The van der Waals surface area contributed by atoms with Gasteiger partial charge in [0.2, 0.25) is 5.91 Å². The molecule has 0 aromatic heterocycles. The summed E-state index contributed by atoms with van der Waals surface area (Å²) in [5.41, 5.74) is 9.50. The molecule has 1 heterocycles. The number of ether oxygens (including phenoxy) is 1. The highest BCUT2D eigenvalue weighted by Gasteiger charge is 2.20. The van der Waals surface area contributed by atoms with Crippen LogP contribution in [0.15, 0.2) is 70.7 Å². The van der Waals surface area contributed by atoms with Crippen molar-refractivity contribution in [1.29, 1.82) is 0 Å². The highest BCUT2D eigenvalue weighted by atomic mass is 32.2. The zero-order valence-corrected chi connectivity index (χ0v) is 21.8. The summed E-state index contributed by atoms with van der Waals surface area (Å²) in [6.45, 7) is 7.72. The molecule has 1 aromatic rings. The largest absolute Gasteiger partial charge is 0.464 e. The van der Waals surface area contributed by atoms with Crippen LogP contribution in [0.25, 0.3) is 10.4 Å². The number of azide groups is 1. The van der Waals surface area contributed by atoms with Crippen molar-refractivity contribution >= 4 is 40.5 Å². The molecule has 13 heteroatoms. The summed E-state index contributed by atoms with van der Waals surface area (Å²) < 4.78 is 4.45. The number of aliphatic imine (C=N–C) groups is 1. The predicted octanol–water partition coefficient (Wildman–Crippen LogP) is 2.98. The molecule has 38 heavy (non-hydrogen) atoms. The second kappa shape index (κ2) is 15.7. The first-order chi connectivity index (χ1) is 18.2. The summed E-state index contributed by atoms with van der Waals surface area (Å²) >= 11 is 1.45. The molecular formula is C25H29N7O5S. The fourth-order valence-electron chi connectivity index (χ4n) is 3.07. The van der Waals surface area contributed by atoms with Crippen molar-refractivity contribution < 1.29 is 23.9 Å². The van der Waals surface area contributed by atoms with Crippen LogP contribution in [0.2, 0.25) is 0 Å². The molecule has 0 fully saturated rings. The number of amides is 3. The quantitative estimate of drug-likeness (QED) is 0.0818. The summed E-state index contributed by atoms with van der Waals surface area (Å²) in [4.78, 5) is 55.2. The lowest BCUT2D eigenvalue weighted by atomic mass is 10.1. The molecule has 0 radical (unpaired) electrons. The number of rotatable bonds is 14. The molecule has 1 aliphatic heterocycles. The van der Waals surface area contributed by atoms with Gasteiger partial charge >= 0.3 is 5.97 Å². The van der Waals surface area contributed by atoms with E-state index in [1.807, 2.05) is 24.3 Å². The molecule has 0 bridgehead atoms. The van der Waals surface area contributed by atoms with Gasteiger partial charge in [-0.25, -0.2) is 9.79 Å². The molecule has 0 aliphatic carbocycles. The molecule has 0 saturated heterocycles. The van der Waals surface area contributed by atoms with Crippen molar-refractivity contribution in [3.63, 3.8) is 0 Å². The highest BCUT2D eigenvalue weighted by Crippen LogP contribution is 2.22. The van der Waals surface area contributed by atoms with E-state index in [-0.39, 0.29) is 23.0 Å². The van der Waals surface area contributed by atoms with E-state index in [1.54, 1.807) is 6.08 Å². The van der Waals surface area contributed by atoms with Gasteiger partial charge in [0.15, 0.2) is 0 Å². The normalized spacial score (nSPS) is 12.1. The summed E-state index contributed by atoms with van der Waals surface area (Å²) in [7, 11) is 1.15. The number of esters is 1. The second-order valence-electron chi connectivity index (χ2n) is 7.91. The lowest BCUT2D eigenvalue weighted by molar-refractivity contribution is -0.137. The standard InChI is InChI=1S/C25H29N7O5S/c1-16(22(34)30-17(2)25(36)37-3)29-23(35)20-12-14-38-24(31-20)19-10-8-18(9-11-19)15-27-21(33)7-5-4-6-13-28-32-26/h8-12H,1-2,4-7,13-15H2,3H3,(H,27,33)(H,29,35)(H,30,34).